The molecule has 0 amide bonds. The molecule has 0 fully saturated rings. The van der Waals surface area contributed by atoms with Crippen molar-refractivity contribution in [2.45, 2.75) is 27.2 Å². The quantitative estimate of drug-likeness (QED) is 0.613. The second-order valence-electron chi connectivity index (χ2n) is 3.58. The van der Waals surface area contributed by atoms with Crippen molar-refractivity contribution in [1.82, 2.24) is 0 Å². The van der Waals surface area contributed by atoms with Crippen molar-refractivity contribution in [1.29, 1.82) is 0 Å². The predicted molar refractivity (Wildman–Crippen MR) is 73.5 cm³/mol. The van der Waals surface area contributed by atoms with E-state index in [0.717, 1.165) is 0 Å². The minimum Gasteiger partial charge on any atom is -0.462 e. The first-order valence-electron chi connectivity index (χ1n) is 5.93. The smallest absolute Gasteiger partial charge is 0.343 e. The molecule has 18 heavy (non-hydrogen) atoms. The SMILES string of the molecule is CCNc1sc(C(=O)CC)c(N)c1C(=O)OCC. The Balaban J connectivity index is 3.24. The normalized spacial score (nSPS) is 10.2. The third-order valence-corrected chi connectivity index (χ3v) is 3.54. The van der Waals surface area contributed by atoms with Gasteiger partial charge in [0.25, 0.3) is 0 Å². The van der Waals surface area contributed by atoms with Crippen LogP contribution in [0.1, 0.15) is 47.2 Å². The van der Waals surface area contributed by atoms with E-state index in [1.165, 1.54) is 11.3 Å². The Morgan fingerprint density at radius 1 is 1.33 bits per heavy atom. The average Bonchev–Trinajstić information content (AvgIpc) is 2.66. The maximum absolute atomic E-state index is 11.8. The van der Waals surface area contributed by atoms with E-state index in [4.69, 9.17) is 10.5 Å². The summed E-state index contributed by atoms with van der Waals surface area (Å²) < 4.78 is 4.96. The van der Waals surface area contributed by atoms with Crippen molar-refractivity contribution in [2.75, 3.05) is 24.2 Å². The number of ether oxygens (including phenoxy) is 1. The first kappa shape index (κ1) is 14.5. The highest BCUT2D eigenvalue weighted by Gasteiger charge is 2.25. The number of carbonyl (C=O) groups is 2. The Labute approximate surface area is 110 Å². The van der Waals surface area contributed by atoms with Crippen molar-refractivity contribution in [3.63, 3.8) is 0 Å². The summed E-state index contributed by atoms with van der Waals surface area (Å²) in [5, 5.41) is 3.64. The van der Waals surface area contributed by atoms with Crippen molar-refractivity contribution >= 4 is 33.8 Å². The summed E-state index contributed by atoms with van der Waals surface area (Å²) in [7, 11) is 0. The summed E-state index contributed by atoms with van der Waals surface area (Å²) in [6.45, 7) is 6.32. The molecule has 0 bridgehead atoms. The summed E-state index contributed by atoms with van der Waals surface area (Å²) >= 11 is 1.21. The molecule has 5 nitrogen and oxygen atoms in total. The van der Waals surface area contributed by atoms with Crippen LogP contribution in [0.15, 0.2) is 0 Å². The first-order valence-corrected chi connectivity index (χ1v) is 6.74. The number of esters is 1. The molecular formula is C12H18N2O3S. The van der Waals surface area contributed by atoms with Crippen LogP contribution >= 0.6 is 11.3 Å². The summed E-state index contributed by atoms with van der Waals surface area (Å²) in [4.78, 5) is 24.0. The first-order chi connectivity index (χ1) is 8.56. The van der Waals surface area contributed by atoms with Gasteiger partial charge in [-0.2, -0.15) is 0 Å². The molecule has 0 spiro atoms. The molecule has 1 aromatic heterocycles. The van der Waals surface area contributed by atoms with E-state index >= 15 is 0 Å². The van der Waals surface area contributed by atoms with Crippen LogP contribution in [-0.4, -0.2) is 24.9 Å². The maximum atomic E-state index is 11.8. The van der Waals surface area contributed by atoms with Gasteiger partial charge < -0.3 is 15.8 Å². The van der Waals surface area contributed by atoms with Crippen LogP contribution in [0.5, 0.6) is 0 Å². The van der Waals surface area contributed by atoms with Crippen LogP contribution in [-0.2, 0) is 4.74 Å². The Hall–Kier alpha value is -1.56. The zero-order valence-electron chi connectivity index (χ0n) is 10.8. The molecule has 0 saturated heterocycles. The molecule has 3 N–H and O–H groups in total. The van der Waals surface area contributed by atoms with Crippen LogP contribution in [0.3, 0.4) is 0 Å². The van der Waals surface area contributed by atoms with Crippen molar-refractivity contribution in [3.05, 3.63) is 10.4 Å². The van der Waals surface area contributed by atoms with Crippen LogP contribution in [0.25, 0.3) is 0 Å². The largest absolute Gasteiger partial charge is 0.462 e. The molecule has 100 valence electrons. The fourth-order valence-corrected chi connectivity index (χ4v) is 2.69. The third-order valence-electron chi connectivity index (χ3n) is 2.34. The molecule has 1 aromatic rings. The van der Waals surface area contributed by atoms with Gasteiger partial charge in [-0.05, 0) is 13.8 Å². The van der Waals surface area contributed by atoms with Crippen molar-refractivity contribution in [2.24, 2.45) is 0 Å². The number of nitrogens with two attached hydrogens (primary N) is 1. The minimum absolute atomic E-state index is 0.0628. The van der Waals surface area contributed by atoms with Gasteiger partial charge in [-0.3, -0.25) is 4.79 Å². The molecule has 0 atom stereocenters. The zero-order valence-corrected chi connectivity index (χ0v) is 11.6. The van der Waals surface area contributed by atoms with E-state index in [9.17, 15) is 9.59 Å². The molecule has 0 radical (unpaired) electrons. The van der Waals surface area contributed by atoms with E-state index in [1.807, 2.05) is 6.92 Å². The van der Waals surface area contributed by atoms with E-state index < -0.39 is 5.97 Å². The number of Topliss-reactive ketones (excluding diaryl/α,β-unsaturated/α-hetero) is 1. The van der Waals surface area contributed by atoms with E-state index in [2.05, 4.69) is 5.32 Å². The van der Waals surface area contributed by atoms with Crippen LogP contribution in [0.4, 0.5) is 10.7 Å². The second kappa shape index (κ2) is 6.39. The molecule has 0 aromatic carbocycles. The molecule has 1 rings (SSSR count). The third kappa shape index (κ3) is 2.81. The molecule has 6 heteroatoms. The standard InChI is InChI=1S/C12H18N2O3S/c1-4-7(15)10-9(13)8(12(16)17-6-3)11(18-10)14-5-2/h14H,4-6,13H2,1-3H3. The fraction of sp³-hybridized carbons (Fsp3) is 0.500. The average molecular weight is 270 g/mol. The molecule has 0 unspecified atom stereocenters. The molecule has 0 aliphatic carbocycles. The van der Waals surface area contributed by atoms with E-state index in [0.29, 0.717) is 22.8 Å². The van der Waals surface area contributed by atoms with Gasteiger partial charge in [-0.25, -0.2) is 4.79 Å². The van der Waals surface area contributed by atoms with Gasteiger partial charge in [0.1, 0.15) is 10.6 Å². The number of thiophene rings is 1. The number of hydrogen-bond acceptors (Lipinski definition) is 6. The van der Waals surface area contributed by atoms with Gasteiger partial charge in [-0.1, -0.05) is 6.92 Å². The second-order valence-corrected chi connectivity index (χ2v) is 4.60. The van der Waals surface area contributed by atoms with Crippen LogP contribution < -0.4 is 11.1 Å². The lowest BCUT2D eigenvalue weighted by Crippen LogP contribution is -2.10. The number of nitrogens with one attached hydrogen (secondary N) is 1. The summed E-state index contributed by atoms with van der Waals surface area (Å²) in [5.41, 5.74) is 6.39. The Morgan fingerprint density at radius 2 is 2.00 bits per heavy atom. The lowest BCUT2D eigenvalue weighted by Gasteiger charge is -2.05. The van der Waals surface area contributed by atoms with Gasteiger partial charge in [0, 0.05) is 13.0 Å². The summed E-state index contributed by atoms with van der Waals surface area (Å²) in [6.07, 6.45) is 0.360. The number of ketones is 1. The highest BCUT2D eigenvalue weighted by Crippen LogP contribution is 2.36. The highest BCUT2D eigenvalue weighted by molar-refractivity contribution is 7.19. The number of hydrogen-bond donors (Lipinski definition) is 2. The fourth-order valence-electron chi connectivity index (χ4n) is 1.50. The van der Waals surface area contributed by atoms with Gasteiger partial charge >= 0.3 is 5.97 Å². The summed E-state index contributed by atoms with van der Waals surface area (Å²) in [5.74, 6) is -0.551. The Kier molecular flexibility index (Phi) is 5.15. The zero-order chi connectivity index (χ0) is 13.7. The number of nitrogen functional groups attached to an aromatic ring is 1. The lowest BCUT2D eigenvalue weighted by molar-refractivity contribution is 0.0529. The molecule has 0 saturated carbocycles. The number of rotatable bonds is 6. The topological polar surface area (TPSA) is 81.4 Å². The van der Waals surface area contributed by atoms with Gasteiger partial charge in [0.05, 0.1) is 17.2 Å². The number of anilines is 2. The van der Waals surface area contributed by atoms with Gasteiger partial charge in [0.2, 0.25) is 0 Å². The minimum atomic E-state index is -0.489. The maximum Gasteiger partial charge on any atom is 0.343 e. The Bertz CT molecular complexity index is 454. The van der Waals surface area contributed by atoms with Gasteiger partial charge in [0.15, 0.2) is 5.78 Å². The van der Waals surface area contributed by atoms with E-state index in [-0.39, 0.29) is 23.6 Å². The molecule has 1 heterocycles. The monoisotopic (exact) mass is 270 g/mol. The molecule has 0 aliphatic heterocycles. The van der Waals surface area contributed by atoms with E-state index in [1.54, 1.807) is 13.8 Å². The van der Waals surface area contributed by atoms with Crippen LogP contribution in [0.2, 0.25) is 0 Å². The molecule has 0 aliphatic rings. The number of carbonyl (C=O) groups excluding carboxylic acids is 2. The van der Waals surface area contributed by atoms with Crippen LogP contribution in [0, 0.1) is 0 Å². The Morgan fingerprint density at radius 3 is 2.50 bits per heavy atom. The van der Waals surface area contributed by atoms with Gasteiger partial charge in [-0.15, -0.1) is 11.3 Å². The lowest BCUT2D eigenvalue weighted by atomic mass is 10.2. The van der Waals surface area contributed by atoms with Crippen molar-refractivity contribution in [3.8, 4) is 0 Å². The summed E-state index contributed by atoms with van der Waals surface area (Å²) in [6, 6.07) is 0. The highest BCUT2D eigenvalue weighted by atomic mass is 32.1. The molecular weight excluding hydrogens is 252 g/mol. The van der Waals surface area contributed by atoms with Crippen molar-refractivity contribution < 1.29 is 14.3 Å². The predicted octanol–water partition coefficient (Wildman–Crippen LogP) is 2.53.